The van der Waals surface area contributed by atoms with Gasteiger partial charge < -0.3 is 25.0 Å². The number of benzene rings is 1. The fourth-order valence-electron chi connectivity index (χ4n) is 2.55. The van der Waals surface area contributed by atoms with E-state index in [1.54, 1.807) is 4.90 Å². The minimum atomic E-state index is -0.468. The van der Waals surface area contributed by atoms with Crippen LogP contribution in [0.1, 0.15) is 27.7 Å². The van der Waals surface area contributed by atoms with Gasteiger partial charge in [0.2, 0.25) is 0 Å². The Morgan fingerprint density at radius 2 is 1.87 bits per heavy atom. The Morgan fingerprint density at radius 1 is 1.22 bits per heavy atom. The van der Waals surface area contributed by atoms with E-state index in [1.807, 2.05) is 45.9 Å². The normalized spacial score (nSPS) is 15.5. The van der Waals surface area contributed by atoms with Gasteiger partial charge in [-0.25, -0.2) is 4.79 Å². The largest absolute Gasteiger partial charge is 0.492 e. The van der Waals surface area contributed by atoms with Gasteiger partial charge in [-0.15, -0.1) is 0 Å². The second-order valence-corrected chi connectivity index (χ2v) is 6.58. The molecule has 1 aliphatic heterocycles. The zero-order valence-corrected chi connectivity index (χ0v) is 14.5. The van der Waals surface area contributed by atoms with Crippen LogP contribution in [0.15, 0.2) is 18.2 Å². The van der Waals surface area contributed by atoms with Gasteiger partial charge in [-0.05, 0) is 39.8 Å². The molecule has 0 saturated carbocycles. The lowest BCUT2D eigenvalue weighted by molar-refractivity contribution is 0.0240. The monoisotopic (exact) mass is 321 g/mol. The highest BCUT2D eigenvalue weighted by Gasteiger charge is 2.26. The predicted octanol–water partition coefficient (Wildman–Crippen LogP) is 2.72. The van der Waals surface area contributed by atoms with Crippen molar-refractivity contribution in [3.05, 3.63) is 18.2 Å². The zero-order chi connectivity index (χ0) is 17.0. The molecule has 0 unspecified atom stereocenters. The number of ether oxygens (including phenoxy) is 2. The molecular formula is C17H27N3O3. The molecule has 1 aromatic rings. The number of carbonyl (C=O) groups is 1. The first-order chi connectivity index (χ1) is 10.8. The Hall–Kier alpha value is -2.11. The molecule has 1 aliphatic rings. The van der Waals surface area contributed by atoms with Crippen LogP contribution in [-0.4, -0.2) is 49.4 Å². The molecule has 1 aromatic carbocycles. The lowest BCUT2D eigenvalue weighted by atomic mass is 10.2. The van der Waals surface area contributed by atoms with Crippen LogP contribution in [0.2, 0.25) is 0 Å². The molecule has 6 heteroatoms. The van der Waals surface area contributed by atoms with Crippen LogP contribution >= 0.6 is 0 Å². The van der Waals surface area contributed by atoms with Gasteiger partial charge >= 0.3 is 6.09 Å². The Labute approximate surface area is 138 Å². The van der Waals surface area contributed by atoms with Crippen molar-refractivity contribution in [2.75, 3.05) is 43.4 Å². The summed E-state index contributed by atoms with van der Waals surface area (Å²) in [6, 6.07) is 5.80. The van der Waals surface area contributed by atoms with Crippen LogP contribution < -0.4 is 15.4 Å². The SMILES string of the molecule is CCOc1cccc(N2CCN(C(=O)OC(C)(C)C)CC2)c1N. The lowest BCUT2D eigenvalue weighted by Crippen LogP contribution is -2.50. The summed E-state index contributed by atoms with van der Waals surface area (Å²) in [6.45, 7) is 10.8. The van der Waals surface area contributed by atoms with Crippen LogP contribution in [0.25, 0.3) is 0 Å². The van der Waals surface area contributed by atoms with E-state index in [2.05, 4.69) is 4.90 Å². The van der Waals surface area contributed by atoms with Crippen LogP contribution in [0.4, 0.5) is 16.2 Å². The Balaban J connectivity index is 1.99. The molecule has 1 fully saturated rings. The minimum absolute atomic E-state index is 0.256. The van der Waals surface area contributed by atoms with E-state index >= 15 is 0 Å². The highest BCUT2D eigenvalue weighted by atomic mass is 16.6. The molecular weight excluding hydrogens is 294 g/mol. The van der Waals surface area contributed by atoms with Crippen molar-refractivity contribution in [2.45, 2.75) is 33.3 Å². The standard InChI is InChI=1S/C17H27N3O3/c1-5-22-14-8-6-7-13(15(14)18)19-9-11-20(12-10-19)16(21)23-17(2,3)4/h6-8H,5,9-12,18H2,1-4H3. The van der Waals surface area contributed by atoms with E-state index in [0.717, 1.165) is 18.8 Å². The van der Waals surface area contributed by atoms with Gasteiger partial charge in [0, 0.05) is 26.2 Å². The quantitative estimate of drug-likeness (QED) is 0.867. The predicted molar refractivity (Wildman–Crippen MR) is 92.0 cm³/mol. The van der Waals surface area contributed by atoms with E-state index in [0.29, 0.717) is 31.1 Å². The molecule has 0 aromatic heterocycles. The first kappa shape index (κ1) is 17.2. The number of para-hydroxylation sites is 1. The smallest absolute Gasteiger partial charge is 0.410 e. The third-order valence-electron chi connectivity index (χ3n) is 3.61. The number of nitrogen functional groups attached to an aromatic ring is 1. The van der Waals surface area contributed by atoms with E-state index in [1.165, 1.54) is 0 Å². The fraction of sp³-hybridized carbons (Fsp3) is 0.588. The number of anilines is 2. The summed E-state index contributed by atoms with van der Waals surface area (Å²) in [5.41, 5.74) is 7.35. The van der Waals surface area contributed by atoms with E-state index in [-0.39, 0.29) is 6.09 Å². The topological polar surface area (TPSA) is 68.0 Å². The number of hydrogen-bond donors (Lipinski definition) is 1. The molecule has 23 heavy (non-hydrogen) atoms. The van der Waals surface area contributed by atoms with Gasteiger partial charge in [-0.1, -0.05) is 6.07 Å². The first-order valence-corrected chi connectivity index (χ1v) is 8.06. The number of rotatable bonds is 3. The maximum absolute atomic E-state index is 12.1. The van der Waals surface area contributed by atoms with Gasteiger partial charge in [0.15, 0.2) is 0 Å². The third-order valence-corrected chi connectivity index (χ3v) is 3.61. The maximum atomic E-state index is 12.1. The molecule has 2 rings (SSSR count). The van der Waals surface area contributed by atoms with E-state index in [4.69, 9.17) is 15.2 Å². The number of nitrogens with zero attached hydrogens (tertiary/aromatic N) is 2. The minimum Gasteiger partial charge on any atom is -0.492 e. The molecule has 0 radical (unpaired) electrons. The third kappa shape index (κ3) is 4.43. The number of amides is 1. The summed E-state index contributed by atoms with van der Waals surface area (Å²) in [4.78, 5) is 16.0. The highest BCUT2D eigenvalue weighted by Crippen LogP contribution is 2.32. The molecule has 1 heterocycles. The number of hydrogen-bond acceptors (Lipinski definition) is 5. The molecule has 0 atom stereocenters. The second kappa shape index (κ2) is 6.98. The van der Waals surface area contributed by atoms with E-state index < -0.39 is 5.60 Å². The van der Waals surface area contributed by atoms with Crippen LogP contribution in [0.3, 0.4) is 0 Å². The van der Waals surface area contributed by atoms with E-state index in [9.17, 15) is 4.79 Å². The Morgan fingerprint density at radius 3 is 2.43 bits per heavy atom. The molecule has 2 N–H and O–H groups in total. The summed E-state index contributed by atoms with van der Waals surface area (Å²) in [6.07, 6.45) is -0.256. The molecule has 1 saturated heterocycles. The Bertz CT molecular complexity index is 547. The van der Waals surface area contributed by atoms with Gasteiger partial charge in [0.05, 0.1) is 18.0 Å². The number of piperazine rings is 1. The van der Waals surface area contributed by atoms with Crippen LogP contribution in [0, 0.1) is 0 Å². The maximum Gasteiger partial charge on any atom is 0.410 e. The summed E-state index contributed by atoms with van der Waals surface area (Å²) < 4.78 is 11.0. The van der Waals surface area contributed by atoms with Crippen LogP contribution in [0.5, 0.6) is 5.75 Å². The van der Waals surface area contributed by atoms with Gasteiger partial charge in [0.1, 0.15) is 11.4 Å². The van der Waals surface area contributed by atoms with Crippen molar-refractivity contribution >= 4 is 17.5 Å². The Kier molecular flexibility index (Phi) is 5.23. The molecule has 6 nitrogen and oxygen atoms in total. The summed E-state index contributed by atoms with van der Waals surface area (Å²) >= 11 is 0. The molecule has 0 bridgehead atoms. The fourth-order valence-corrected chi connectivity index (χ4v) is 2.55. The summed E-state index contributed by atoms with van der Waals surface area (Å²) in [5, 5.41) is 0. The summed E-state index contributed by atoms with van der Waals surface area (Å²) in [7, 11) is 0. The van der Waals surface area contributed by atoms with Crippen molar-refractivity contribution in [1.82, 2.24) is 4.90 Å². The second-order valence-electron chi connectivity index (χ2n) is 6.58. The zero-order valence-electron chi connectivity index (χ0n) is 14.5. The number of carbonyl (C=O) groups excluding carboxylic acids is 1. The van der Waals surface area contributed by atoms with Gasteiger partial charge in [0.25, 0.3) is 0 Å². The summed E-state index contributed by atoms with van der Waals surface area (Å²) in [5.74, 6) is 0.708. The molecule has 128 valence electrons. The average Bonchev–Trinajstić information content (AvgIpc) is 2.48. The van der Waals surface area contributed by atoms with Gasteiger partial charge in [-0.2, -0.15) is 0 Å². The molecule has 1 amide bonds. The van der Waals surface area contributed by atoms with Crippen LogP contribution in [-0.2, 0) is 4.74 Å². The average molecular weight is 321 g/mol. The molecule has 0 spiro atoms. The lowest BCUT2D eigenvalue weighted by Gasteiger charge is -2.37. The number of nitrogens with two attached hydrogens (primary N) is 1. The van der Waals surface area contributed by atoms with Crippen molar-refractivity contribution in [3.63, 3.8) is 0 Å². The van der Waals surface area contributed by atoms with Gasteiger partial charge in [-0.3, -0.25) is 0 Å². The molecule has 0 aliphatic carbocycles. The van der Waals surface area contributed by atoms with Crippen molar-refractivity contribution < 1.29 is 14.3 Å². The van der Waals surface area contributed by atoms with Crippen molar-refractivity contribution in [1.29, 1.82) is 0 Å². The highest BCUT2D eigenvalue weighted by molar-refractivity contribution is 5.75. The first-order valence-electron chi connectivity index (χ1n) is 8.06. The van der Waals surface area contributed by atoms with Crippen molar-refractivity contribution in [3.8, 4) is 5.75 Å². The van der Waals surface area contributed by atoms with Crippen molar-refractivity contribution in [2.24, 2.45) is 0 Å².